The first kappa shape index (κ1) is 21.2. The van der Waals surface area contributed by atoms with Gasteiger partial charge in [0.1, 0.15) is 0 Å². The molecule has 0 saturated carbocycles. The maximum Gasteiger partial charge on any atom is 0.270 e. The molecule has 154 valence electrons. The minimum absolute atomic E-state index is 0.0336. The molecule has 1 fully saturated rings. The van der Waals surface area contributed by atoms with Crippen molar-refractivity contribution >= 4 is 33.2 Å². The first-order valence-electron chi connectivity index (χ1n) is 8.92. The molecule has 3 rings (SSSR count). The lowest BCUT2D eigenvalue weighted by molar-refractivity contribution is -0.384. The van der Waals surface area contributed by atoms with Crippen molar-refractivity contribution in [1.82, 2.24) is 9.21 Å². The average molecular weight is 438 g/mol. The molecule has 0 radical (unpaired) electrons. The highest BCUT2D eigenvalue weighted by molar-refractivity contribution is 7.89. The van der Waals surface area contributed by atoms with Crippen molar-refractivity contribution in [3.05, 3.63) is 68.2 Å². The van der Waals surface area contributed by atoms with Gasteiger partial charge in [-0.25, -0.2) is 8.42 Å². The number of piperazine rings is 1. The number of benzene rings is 2. The number of aryl methyl sites for hydroxylation is 2. The fourth-order valence-electron chi connectivity index (χ4n) is 3.12. The first-order valence-corrected chi connectivity index (χ1v) is 10.7. The van der Waals surface area contributed by atoms with E-state index >= 15 is 0 Å². The Kier molecular flexibility index (Phi) is 5.92. The third kappa shape index (κ3) is 4.26. The van der Waals surface area contributed by atoms with Crippen LogP contribution in [0.3, 0.4) is 0 Å². The summed E-state index contributed by atoms with van der Waals surface area (Å²) >= 11 is 6.05. The van der Waals surface area contributed by atoms with Gasteiger partial charge in [-0.05, 0) is 43.2 Å². The molecule has 1 heterocycles. The lowest BCUT2D eigenvalue weighted by Crippen LogP contribution is -2.50. The Morgan fingerprint density at radius 3 is 2.28 bits per heavy atom. The van der Waals surface area contributed by atoms with Crippen LogP contribution in [0.1, 0.15) is 21.5 Å². The Morgan fingerprint density at radius 2 is 1.69 bits per heavy atom. The fraction of sp³-hybridized carbons (Fsp3) is 0.316. The van der Waals surface area contributed by atoms with Crippen LogP contribution in [0.25, 0.3) is 0 Å². The van der Waals surface area contributed by atoms with E-state index in [9.17, 15) is 23.3 Å². The summed E-state index contributed by atoms with van der Waals surface area (Å²) in [6, 6.07) is 8.68. The smallest absolute Gasteiger partial charge is 0.270 e. The molecular weight excluding hydrogens is 418 g/mol. The van der Waals surface area contributed by atoms with Crippen LogP contribution < -0.4 is 0 Å². The van der Waals surface area contributed by atoms with E-state index in [2.05, 4.69) is 0 Å². The predicted octanol–water partition coefficient (Wildman–Crippen LogP) is 3.01. The van der Waals surface area contributed by atoms with Gasteiger partial charge in [0.05, 0.1) is 20.4 Å². The summed E-state index contributed by atoms with van der Waals surface area (Å²) < 4.78 is 27.1. The van der Waals surface area contributed by atoms with Gasteiger partial charge in [-0.2, -0.15) is 4.31 Å². The summed E-state index contributed by atoms with van der Waals surface area (Å²) in [6.07, 6.45) is 0. The number of nitro benzene ring substituents is 1. The zero-order valence-electron chi connectivity index (χ0n) is 16.0. The largest absolute Gasteiger partial charge is 0.336 e. The number of nitrogens with zero attached hydrogens (tertiary/aromatic N) is 3. The minimum Gasteiger partial charge on any atom is -0.336 e. The molecule has 0 aliphatic carbocycles. The van der Waals surface area contributed by atoms with E-state index in [4.69, 9.17) is 11.6 Å². The second kappa shape index (κ2) is 8.10. The van der Waals surface area contributed by atoms with Gasteiger partial charge in [0.25, 0.3) is 11.6 Å². The van der Waals surface area contributed by atoms with Crippen molar-refractivity contribution in [3.63, 3.8) is 0 Å². The SMILES string of the molecule is Cc1ccc(S(=O)(=O)N2CCN(C(=O)c3cc([N+](=O)[O-])ccc3Cl)CC2)cc1C. The number of hydrogen-bond acceptors (Lipinski definition) is 5. The van der Waals surface area contributed by atoms with Gasteiger partial charge >= 0.3 is 0 Å². The maximum atomic E-state index is 12.9. The highest BCUT2D eigenvalue weighted by atomic mass is 35.5. The topological polar surface area (TPSA) is 101 Å². The second-order valence-electron chi connectivity index (χ2n) is 6.86. The van der Waals surface area contributed by atoms with E-state index in [1.807, 2.05) is 13.8 Å². The highest BCUT2D eigenvalue weighted by Gasteiger charge is 2.31. The summed E-state index contributed by atoms with van der Waals surface area (Å²) in [5.41, 5.74) is 1.70. The van der Waals surface area contributed by atoms with E-state index in [0.717, 1.165) is 17.2 Å². The van der Waals surface area contributed by atoms with Crippen molar-refractivity contribution in [3.8, 4) is 0 Å². The zero-order valence-corrected chi connectivity index (χ0v) is 17.5. The monoisotopic (exact) mass is 437 g/mol. The van der Waals surface area contributed by atoms with Crippen molar-refractivity contribution in [2.45, 2.75) is 18.7 Å². The lowest BCUT2D eigenvalue weighted by Gasteiger charge is -2.34. The van der Waals surface area contributed by atoms with Gasteiger partial charge < -0.3 is 4.90 Å². The summed E-state index contributed by atoms with van der Waals surface area (Å²) in [4.78, 5) is 24.8. The summed E-state index contributed by atoms with van der Waals surface area (Å²) in [5, 5.41) is 11.1. The van der Waals surface area contributed by atoms with Crippen molar-refractivity contribution in [1.29, 1.82) is 0 Å². The summed E-state index contributed by atoms with van der Waals surface area (Å²) in [7, 11) is -3.66. The van der Waals surface area contributed by atoms with Crippen LogP contribution in [0.4, 0.5) is 5.69 Å². The molecule has 0 bridgehead atoms. The van der Waals surface area contributed by atoms with E-state index in [0.29, 0.717) is 0 Å². The molecule has 1 aliphatic rings. The van der Waals surface area contributed by atoms with Crippen LogP contribution in [0.15, 0.2) is 41.3 Å². The molecule has 0 spiro atoms. The number of sulfonamides is 1. The van der Waals surface area contributed by atoms with Gasteiger partial charge in [-0.3, -0.25) is 14.9 Å². The van der Waals surface area contributed by atoms with Gasteiger partial charge in [0.2, 0.25) is 10.0 Å². The van der Waals surface area contributed by atoms with Crippen LogP contribution in [-0.4, -0.2) is 54.6 Å². The van der Waals surface area contributed by atoms with Gasteiger partial charge in [0.15, 0.2) is 0 Å². The van der Waals surface area contributed by atoms with Crippen LogP contribution in [0, 0.1) is 24.0 Å². The number of rotatable bonds is 4. The molecule has 2 aromatic carbocycles. The fourth-order valence-corrected chi connectivity index (χ4v) is 4.82. The Bertz CT molecular complexity index is 1080. The van der Waals surface area contributed by atoms with Gasteiger partial charge in [0, 0.05) is 38.3 Å². The predicted molar refractivity (Wildman–Crippen MR) is 109 cm³/mol. The Balaban J connectivity index is 1.75. The van der Waals surface area contributed by atoms with E-state index < -0.39 is 20.9 Å². The molecule has 1 saturated heterocycles. The van der Waals surface area contributed by atoms with Crippen LogP contribution in [0.2, 0.25) is 5.02 Å². The number of non-ortho nitro benzene ring substituents is 1. The van der Waals surface area contributed by atoms with Gasteiger partial charge in [-0.15, -0.1) is 0 Å². The number of nitro groups is 1. The first-order chi connectivity index (χ1) is 13.6. The quantitative estimate of drug-likeness (QED) is 0.540. The molecule has 1 amide bonds. The Hall–Kier alpha value is -2.49. The van der Waals surface area contributed by atoms with Gasteiger partial charge in [-0.1, -0.05) is 17.7 Å². The number of halogens is 1. The van der Waals surface area contributed by atoms with E-state index in [1.54, 1.807) is 18.2 Å². The molecule has 8 nitrogen and oxygen atoms in total. The highest BCUT2D eigenvalue weighted by Crippen LogP contribution is 2.25. The molecule has 0 N–H and O–H groups in total. The summed E-state index contributed by atoms with van der Waals surface area (Å²) in [5.74, 6) is -0.457. The lowest BCUT2D eigenvalue weighted by atomic mass is 10.1. The van der Waals surface area contributed by atoms with E-state index in [-0.39, 0.29) is 47.3 Å². The number of amides is 1. The van der Waals surface area contributed by atoms with Crippen molar-refractivity contribution in [2.75, 3.05) is 26.2 Å². The van der Waals surface area contributed by atoms with E-state index in [1.165, 1.54) is 21.3 Å². The van der Waals surface area contributed by atoms with Crippen LogP contribution in [-0.2, 0) is 10.0 Å². The molecule has 10 heteroatoms. The molecule has 29 heavy (non-hydrogen) atoms. The normalized spacial score (nSPS) is 15.3. The minimum atomic E-state index is -3.66. The molecule has 1 aliphatic heterocycles. The molecule has 0 atom stereocenters. The Morgan fingerprint density at radius 1 is 1.03 bits per heavy atom. The average Bonchev–Trinajstić information content (AvgIpc) is 2.69. The van der Waals surface area contributed by atoms with Crippen molar-refractivity contribution < 1.29 is 18.1 Å². The molecule has 0 aromatic heterocycles. The number of hydrogen-bond donors (Lipinski definition) is 0. The van der Waals surface area contributed by atoms with Crippen LogP contribution >= 0.6 is 11.6 Å². The zero-order chi connectivity index (χ0) is 21.3. The third-order valence-electron chi connectivity index (χ3n) is 5.03. The maximum absolute atomic E-state index is 12.9. The second-order valence-corrected chi connectivity index (χ2v) is 9.21. The number of carbonyl (C=O) groups excluding carboxylic acids is 1. The summed E-state index contributed by atoms with van der Waals surface area (Å²) in [6.45, 7) is 4.37. The molecular formula is C19H20ClN3O5S. The third-order valence-corrected chi connectivity index (χ3v) is 7.26. The molecule has 2 aromatic rings. The van der Waals surface area contributed by atoms with Crippen molar-refractivity contribution in [2.24, 2.45) is 0 Å². The van der Waals surface area contributed by atoms with Crippen LogP contribution in [0.5, 0.6) is 0 Å². The Labute approximate surface area is 173 Å². The molecule has 0 unspecified atom stereocenters. The number of carbonyl (C=O) groups is 1. The standard InChI is InChI=1S/C19H20ClN3O5S/c1-13-3-5-16(11-14(13)2)29(27,28)22-9-7-21(8-10-22)19(24)17-12-15(23(25)26)4-6-18(17)20/h3-6,11-12H,7-10H2,1-2H3.